The lowest BCUT2D eigenvalue weighted by Gasteiger charge is -2.19. The third kappa shape index (κ3) is 4.72. The monoisotopic (exact) mass is 280 g/mol. The Labute approximate surface area is 110 Å². The van der Waals surface area contributed by atoms with Crippen molar-refractivity contribution in [3.05, 3.63) is 0 Å². The van der Waals surface area contributed by atoms with E-state index in [1.54, 1.807) is 0 Å². The first-order chi connectivity index (χ1) is 8.76. The fraction of sp³-hybridized carbons (Fsp3) is 0.833. The van der Waals surface area contributed by atoms with E-state index in [1.807, 2.05) is 13.8 Å². The summed E-state index contributed by atoms with van der Waals surface area (Å²) in [4.78, 5) is 24.0. The Bertz CT molecular complexity index is 340. The molecule has 1 fully saturated rings. The van der Waals surface area contributed by atoms with Gasteiger partial charge in [-0.05, 0) is 12.8 Å². The molecule has 1 rings (SSSR count). The Kier molecular flexibility index (Phi) is 5.20. The summed E-state index contributed by atoms with van der Waals surface area (Å²) >= 11 is 0. The van der Waals surface area contributed by atoms with Gasteiger partial charge in [-0.15, -0.1) is 0 Å². The highest BCUT2D eigenvalue weighted by Gasteiger charge is 2.40. The van der Waals surface area contributed by atoms with E-state index in [2.05, 4.69) is 5.32 Å². The molecule has 4 nitrogen and oxygen atoms in total. The molecule has 0 saturated carbocycles. The van der Waals surface area contributed by atoms with Crippen LogP contribution in [0.4, 0.5) is 13.2 Å². The predicted molar refractivity (Wildman–Crippen MR) is 63.3 cm³/mol. The molecule has 7 heteroatoms. The number of carbonyl (C=O) groups excluding carboxylic acids is 2. The van der Waals surface area contributed by atoms with Crippen LogP contribution in [0, 0.1) is 5.92 Å². The molecule has 0 aromatic rings. The van der Waals surface area contributed by atoms with Gasteiger partial charge in [-0.1, -0.05) is 13.8 Å². The minimum absolute atomic E-state index is 0.0132. The van der Waals surface area contributed by atoms with Crippen LogP contribution in [0.5, 0.6) is 0 Å². The average Bonchev–Trinajstić information content (AvgIpc) is 2.65. The van der Waals surface area contributed by atoms with Crippen LogP contribution in [0.15, 0.2) is 0 Å². The summed E-state index contributed by atoms with van der Waals surface area (Å²) < 4.78 is 36.7. The van der Waals surface area contributed by atoms with Crippen LogP contribution in [0.1, 0.15) is 33.1 Å². The lowest BCUT2D eigenvalue weighted by Crippen LogP contribution is -2.40. The summed E-state index contributed by atoms with van der Waals surface area (Å²) in [6.45, 7) is 2.42. The van der Waals surface area contributed by atoms with E-state index in [9.17, 15) is 22.8 Å². The zero-order valence-corrected chi connectivity index (χ0v) is 11.1. The van der Waals surface area contributed by atoms with Crippen LogP contribution in [0.25, 0.3) is 0 Å². The first-order valence-corrected chi connectivity index (χ1v) is 6.41. The second-order valence-electron chi connectivity index (χ2n) is 4.81. The number of amides is 2. The van der Waals surface area contributed by atoms with E-state index in [-0.39, 0.29) is 24.9 Å². The Balaban J connectivity index is 2.54. The molecule has 1 aliphatic heterocycles. The standard InChI is InChI=1S/C12H19F3N2O2/c1-3-9(4-2)16-11(19)8-5-10(18)17(6-8)7-12(13,14)15/h8-9H,3-7H2,1-2H3,(H,16,19)/t8-/m0/s1. The number of carbonyl (C=O) groups is 2. The second kappa shape index (κ2) is 6.25. The van der Waals surface area contributed by atoms with Crippen molar-refractivity contribution in [2.24, 2.45) is 5.92 Å². The number of hydrogen-bond acceptors (Lipinski definition) is 2. The third-order valence-electron chi connectivity index (χ3n) is 3.29. The van der Waals surface area contributed by atoms with Gasteiger partial charge in [0.15, 0.2) is 0 Å². The van der Waals surface area contributed by atoms with Gasteiger partial charge >= 0.3 is 6.18 Å². The SMILES string of the molecule is CCC(CC)NC(=O)[C@H]1CC(=O)N(CC(F)(F)F)C1. The van der Waals surface area contributed by atoms with E-state index < -0.39 is 24.5 Å². The number of nitrogens with one attached hydrogen (secondary N) is 1. The molecule has 0 radical (unpaired) electrons. The lowest BCUT2D eigenvalue weighted by atomic mass is 10.1. The predicted octanol–water partition coefficient (Wildman–Crippen LogP) is 1.70. The maximum Gasteiger partial charge on any atom is 0.406 e. The first-order valence-electron chi connectivity index (χ1n) is 6.41. The fourth-order valence-electron chi connectivity index (χ4n) is 2.13. The number of halogens is 3. The van der Waals surface area contributed by atoms with E-state index in [4.69, 9.17) is 0 Å². The minimum atomic E-state index is -4.42. The van der Waals surface area contributed by atoms with Crippen LogP contribution in [0.2, 0.25) is 0 Å². The summed E-state index contributed by atoms with van der Waals surface area (Å²) in [7, 11) is 0. The molecule has 1 heterocycles. The van der Waals surface area contributed by atoms with Crippen molar-refractivity contribution < 1.29 is 22.8 Å². The number of nitrogens with zero attached hydrogens (tertiary/aromatic N) is 1. The van der Waals surface area contributed by atoms with Gasteiger partial charge < -0.3 is 10.2 Å². The van der Waals surface area contributed by atoms with Gasteiger partial charge in [-0.3, -0.25) is 9.59 Å². The Hall–Kier alpha value is -1.27. The summed E-state index contributed by atoms with van der Waals surface area (Å²) in [6, 6.07) is 0.0132. The van der Waals surface area contributed by atoms with Crippen LogP contribution in [0.3, 0.4) is 0 Å². The van der Waals surface area contributed by atoms with Crippen LogP contribution in [-0.4, -0.2) is 42.0 Å². The minimum Gasteiger partial charge on any atom is -0.353 e. The second-order valence-corrected chi connectivity index (χ2v) is 4.81. The highest BCUT2D eigenvalue weighted by atomic mass is 19.4. The molecular formula is C12H19F3N2O2. The van der Waals surface area contributed by atoms with Crippen molar-refractivity contribution >= 4 is 11.8 Å². The molecule has 0 spiro atoms. The number of likely N-dealkylation sites (tertiary alicyclic amines) is 1. The fourth-order valence-corrected chi connectivity index (χ4v) is 2.13. The van der Waals surface area contributed by atoms with Crippen molar-refractivity contribution in [2.45, 2.75) is 45.3 Å². The molecular weight excluding hydrogens is 261 g/mol. The lowest BCUT2D eigenvalue weighted by molar-refractivity contribution is -0.157. The van der Waals surface area contributed by atoms with Gasteiger partial charge in [0.25, 0.3) is 0 Å². The maximum absolute atomic E-state index is 12.2. The van der Waals surface area contributed by atoms with E-state index >= 15 is 0 Å². The summed E-state index contributed by atoms with van der Waals surface area (Å²) in [5.74, 6) is -1.61. The molecule has 0 aromatic heterocycles. The molecule has 0 bridgehead atoms. The van der Waals surface area contributed by atoms with E-state index in [1.165, 1.54) is 0 Å². The van der Waals surface area contributed by atoms with Gasteiger partial charge in [-0.2, -0.15) is 13.2 Å². The number of rotatable bonds is 5. The molecule has 0 aliphatic carbocycles. The average molecular weight is 280 g/mol. The van der Waals surface area contributed by atoms with E-state index in [0.717, 1.165) is 12.8 Å². The molecule has 110 valence electrons. The van der Waals surface area contributed by atoms with Crippen molar-refractivity contribution in [2.75, 3.05) is 13.1 Å². The maximum atomic E-state index is 12.2. The topological polar surface area (TPSA) is 49.4 Å². The van der Waals surface area contributed by atoms with Crippen LogP contribution >= 0.6 is 0 Å². The van der Waals surface area contributed by atoms with Gasteiger partial charge in [0.05, 0.1) is 5.92 Å². The van der Waals surface area contributed by atoms with Crippen molar-refractivity contribution in [3.63, 3.8) is 0 Å². The first kappa shape index (κ1) is 15.8. The Morgan fingerprint density at radius 1 is 1.42 bits per heavy atom. The molecule has 1 atom stereocenters. The van der Waals surface area contributed by atoms with Gasteiger partial charge in [-0.25, -0.2) is 0 Å². The van der Waals surface area contributed by atoms with Crippen molar-refractivity contribution in [3.8, 4) is 0 Å². The van der Waals surface area contributed by atoms with Gasteiger partial charge in [0, 0.05) is 19.0 Å². The molecule has 1 aliphatic rings. The Morgan fingerprint density at radius 3 is 2.47 bits per heavy atom. The summed E-state index contributed by atoms with van der Waals surface area (Å²) in [6.07, 6.45) is -3.04. The smallest absolute Gasteiger partial charge is 0.353 e. The quantitative estimate of drug-likeness (QED) is 0.833. The van der Waals surface area contributed by atoms with E-state index in [0.29, 0.717) is 4.90 Å². The normalized spacial score (nSPS) is 20.2. The molecule has 19 heavy (non-hydrogen) atoms. The summed E-state index contributed by atoms with van der Waals surface area (Å²) in [5, 5.41) is 2.76. The van der Waals surface area contributed by atoms with Crippen LogP contribution in [-0.2, 0) is 9.59 Å². The van der Waals surface area contributed by atoms with Crippen LogP contribution < -0.4 is 5.32 Å². The molecule has 2 amide bonds. The highest BCUT2D eigenvalue weighted by Crippen LogP contribution is 2.24. The zero-order valence-electron chi connectivity index (χ0n) is 11.1. The largest absolute Gasteiger partial charge is 0.406 e. The molecule has 1 N–H and O–H groups in total. The third-order valence-corrected chi connectivity index (χ3v) is 3.29. The number of alkyl halides is 3. The molecule has 1 saturated heterocycles. The zero-order chi connectivity index (χ0) is 14.6. The highest BCUT2D eigenvalue weighted by molar-refractivity contribution is 5.89. The van der Waals surface area contributed by atoms with Gasteiger partial charge in [0.2, 0.25) is 11.8 Å². The number of hydrogen-bond donors (Lipinski definition) is 1. The van der Waals surface area contributed by atoms with Crippen molar-refractivity contribution in [1.82, 2.24) is 10.2 Å². The van der Waals surface area contributed by atoms with Gasteiger partial charge in [0.1, 0.15) is 6.54 Å². The van der Waals surface area contributed by atoms with Crippen molar-refractivity contribution in [1.29, 1.82) is 0 Å². The summed E-state index contributed by atoms with van der Waals surface area (Å²) in [5.41, 5.74) is 0. The Morgan fingerprint density at radius 2 is 2.00 bits per heavy atom. The molecule has 0 aromatic carbocycles. The molecule has 0 unspecified atom stereocenters.